The maximum Gasteiger partial charge on any atom is 0.163 e. The lowest BCUT2D eigenvalue weighted by Gasteiger charge is -2.44. The fourth-order valence-electron chi connectivity index (χ4n) is 3.21. The van der Waals surface area contributed by atoms with Crippen LogP contribution in [0.4, 0.5) is 0 Å². The standard InChI is InChI=1S/C20H30O3/c1-14(2)18(21-13-17-10-8-7-9-11-17)16(4)19-15(3)12-22-20(5,6)23-19/h7-11,15-16,18-19H,1,12-13H2,2-6H3/t15-,16-,18+,19-/m0/s1. The molecule has 1 saturated heterocycles. The zero-order valence-electron chi connectivity index (χ0n) is 15.0. The summed E-state index contributed by atoms with van der Waals surface area (Å²) < 4.78 is 18.1. The normalized spacial score (nSPS) is 26.5. The number of rotatable bonds is 6. The second-order valence-electron chi connectivity index (χ2n) is 7.19. The van der Waals surface area contributed by atoms with Gasteiger partial charge in [0.15, 0.2) is 5.79 Å². The molecular formula is C20H30O3. The van der Waals surface area contributed by atoms with Crippen LogP contribution in [0.1, 0.15) is 40.2 Å². The Kier molecular flexibility index (Phi) is 6.01. The molecule has 0 aliphatic carbocycles. The highest BCUT2D eigenvalue weighted by Gasteiger charge is 2.40. The first-order chi connectivity index (χ1) is 10.8. The summed E-state index contributed by atoms with van der Waals surface area (Å²) in [6, 6.07) is 10.2. The Labute approximate surface area is 140 Å². The van der Waals surface area contributed by atoms with E-state index < -0.39 is 5.79 Å². The van der Waals surface area contributed by atoms with Crippen molar-refractivity contribution >= 4 is 0 Å². The lowest BCUT2D eigenvalue weighted by atomic mass is 9.86. The van der Waals surface area contributed by atoms with E-state index in [0.29, 0.717) is 19.1 Å². The van der Waals surface area contributed by atoms with E-state index in [0.717, 1.165) is 5.57 Å². The predicted molar refractivity (Wildman–Crippen MR) is 93.1 cm³/mol. The van der Waals surface area contributed by atoms with Crippen LogP contribution < -0.4 is 0 Å². The predicted octanol–water partition coefficient (Wildman–Crippen LogP) is 4.57. The van der Waals surface area contributed by atoms with Crippen LogP contribution in [-0.4, -0.2) is 24.6 Å². The lowest BCUT2D eigenvalue weighted by molar-refractivity contribution is -0.303. The molecular weight excluding hydrogens is 288 g/mol. The van der Waals surface area contributed by atoms with Crippen LogP contribution in [0.15, 0.2) is 42.5 Å². The van der Waals surface area contributed by atoms with Crippen molar-refractivity contribution in [1.29, 1.82) is 0 Å². The van der Waals surface area contributed by atoms with Crippen molar-refractivity contribution in [1.82, 2.24) is 0 Å². The summed E-state index contributed by atoms with van der Waals surface area (Å²) in [6.45, 7) is 15.8. The molecule has 3 nitrogen and oxygen atoms in total. The van der Waals surface area contributed by atoms with Gasteiger partial charge in [-0.05, 0) is 26.3 Å². The van der Waals surface area contributed by atoms with Crippen molar-refractivity contribution in [2.24, 2.45) is 11.8 Å². The number of hydrogen-bond donors (Lipinski definition) is 0. The maximum atomic E-state index is 6.20. The van der Waals surface area contributed by atoms with Gasteiger partial charge in [-0.3, -0.25) is 0 Å². The molecule has 0 N–H and O–H groups in total. The summed E-state index contributed by atoms with van der Waals surface area (Å²) in [5.41, 5.74) is 2.21. The van der Waals surface area contributed by atoms with E-state index in [1.165, 1.54) is 5.56 Å². The van der Waals surface area contributed by atoms with E-state index in [2.05, 4.69) is 32.6 Å². The second kappa shape index (κ2) is 7.61. The summed E-state index contributed by atoms with van der Waals surface area (Å²) >= 11 is 0. The first kappa shape index (κ1) is 18.2. The topological polar surface area (TPSA) is 27.7 Å². The summed E-state index contributed by atoms with van der Waals surface area (Å²) in [5.74, 6) is 0.0133. The van der Waals surface area contributed by atoms with E-state index in [-0.39, 0.29) is 18.1 Å². The molecule has 0 saturated carbocycles. The van der Waals surface area contributed by atoms with Crippen molar-refractivity contribution < 1.29 is 14.2 Å². The fourth-order valence-corrected chi connectivity index (χ4v) is 3.21. The molecule has 3 heteroatoms. The maximum absolute atomic E-state index is 6.20. The van der Waals surface area contributed by atoms with Gasteiger partial charge < -0.3 is 14.2 Å². The first-order valence-electron chi connectivity index (χ1n) is 8.43. The third-order valence-corrected chi connectivity index (χ3v) is 4.43. The van der Waals surface area contributed by atoms with Crippen LogP contribution in [0.25, 0.3) is 0 Å². The Hall–Kier alpha value is -1.16. The van der Waals surface area contributed by atoms with Gasteiger partial charge in [0.2, 0.25) is 0 Å². The molecule has 1 heterocycles. The highest BCUT2D eigenvalue weighted by Crippen LogP contribution is 2.34. The largest absolute Gasteiger partial charge is 0.369 e. The highest BCUT2D eigenvalue weighted by atomic mass is 16.7. The Bertz CT molecular complexity index is 509. The minimum atomic E-state index is -0.537. The van der Waals surface area contributed by atoms with Gasteiger partial charge in [0.05, 0.1) is 25.4 Å². The van der Waals surface area contributed by atoms with E-state index in [4.69, 9.17) is 14.2 Å². The van der Waals surface area contributed by atoms with E-state index in [1.807, 2.05) is 39.0 Å². The van der Waals surface area contributed by atoms with Crippen molar-refractivity contribution in [3.8, 4) is 0 Å². The second-order valence-corrected chi connectivity index (χ2v) is 7.19. The monoisotopic (exact) mass is 318 g/mol. The Morgan fingerprint density at radius 1 is 1.35 bits per heavy atom. The first-order valence-corrected chi connectivity index (χ1v) is 8.43. The molecule has 128 valence electrons. The van der Waals surface area contributed by atoms with Crippen LogP contribution in [-0.2, 0) is 20.8 Å². The average molecular weight is 318 g/mol. The minimum absolute atomic E-state index is 0.0310. The zero-order chi connectivity index (χ0) is 17.0. The molecule has 0 radical (unpaired) electrons. The molecule has 0 amide bonds. The van der Waals surface area contributed by atoms with Crippen LogP contribution in [0.5, 0.6) is 0 Å². The lowest BCUT2D eigenvalue weighted by Crippen LogP contribution is -2.50. The molecule has 1 fully saturated rings. The third kappa shape index (κ3) is 4.90. The number of hydrogen-bond acceptors (Lipinski definition) is 3. The Balaban J connectivity index is 2.05. The molecule has 4 atom stereocenters. The highest BCUT2D eigenvalue weighted by molar-refractivity contribution is 5.14. The number of benzene rings is 1. The SMILES string of the molecule is C=C(C)[C@@H](OCc1ccccc1)[C@H](C)[C@H]1OC(C)(C)OC[C@@H]1C. The minimum Gasteiger partial charge on any atom is -0.369 e. The van der Waals surface area contributed by atoms with Gasteiger partial charge >= 0.3 is 0 Å². The zero-order valence-corrected chi connectivity index (χ0v) is 15.0. The van der Waals surface area contributed by atoms with Crippen molar-refractivity contribution in [2.75, 3.05) is 6.61 Å². The molecule has 1 aromatic rings. The number of ether oxygens (including phenoxy) is 3. The van der Waals surface area contributed by atoms with E-state index in [1.54, 1.807) is 0 Å². The van der Waals surface area contributed by atoms with Gasteiger partial charge in [0.25, 0.3) is 0 Å². The van der Waals surface area contributed by atoms with E-state index in [9.17, 15) is 0 Å². The molecule has 0 bridgehead atoms. The summed E-state index contributed by atoms with van der Waals surface area (Å²) in [6.07, 6.45) is 0.0628. The fraction of sp³-hybridized carbons (Fsp3) is 0.600. The smallest absolute Gasteiger partial charge is 0.163 e. The molecule has 0 spiro atoms. The van der Waals surface area contributed by atoms with Gasteiger partial charge in [-0.1, -0.05) is 56.3 Å². The molecule has 0 unspecified atom stereocenters. The van der Waals surface area contributed by atoms with Gasteiger partial charge in [-0.15, -0.1) is 0 Å². The van der Waals surface area contributed by atoms with Gasteiger partial charge in [-0.2, -0.15) is 0 Å². The van der Waals surface area contributed by atoms with Gasteiger partial charge in [0, 0.05) is 11.8 Å². The van der Waals surface area contributed by atoms with Crippen LogP contribution in [0, 0.1) is 11.8 Å². The Morgan fingerprint density at radius 2 is 2.00 bits per heavy atom. The van der Waals surface area contributed by atoms with Gasteiger partial charge in [-0.25, -0.2) is 0 Å². The summed E-state index contributed by atoms with van der Waals surface area (Å²) in [5, 5.41) is 0. The third-order valence-electron chi connectivity index (χ3n) is 4.43. The summed E-state index contributed by atoms with van der Waals surface area (Å²) in [7, 11) is 0. The summed E-state index contributed by atoms with van der Waals surface area (Å²) in [4.78, 5) is 0. The van der Waals surface area contributed by atoms with Crippen molar-refractivity contribution in [3.05, 3.63) is 48.0 Å². The van der Waals surface area contributed by atoms with Gasteiger partial charge in [0.1, 0.15) is 0 Å². The molecule has 23 heavy (non-hydrogen) atoms. The van der Waals surface area contributed by atoms with Crippen molar-refractivity contribution in [2.45, 2.75) is 59.2 Å². The molecule has 1 aliphatic heterocycles. The van der Waals surface area contributed by atoms with Crippen molar-refractivity contribution in [3.63, 3.8) is 0 Å². The molecule has 1 aromatic carbocycles. The quantitative estimate of drug-likeness (QED) is 0.719. The van der Waals surface area contributed by atoms with Crippen LogP contribution >= 0.6 is 0 Å². The van der Waals surface area contributed by atoms with Crippen LogP contribution in [0.2, 0.25) is 0 Å². The van der Waals surface area contributed by atoms with Crippen LogP contribution in [0.3, 0.4) is 0 Å². The molecule has 0 aromatic heterocycles. The molecule has 1 aliphatic rings. The average Bonchev–Trinajstić information content (AvgIpc) is 2.50. The Morgan fingerprint density at radius 3 is 2.61 bits per heavy atom. The van der Waals surface area contributed by atoms with E-state index >= 15 is 0 Å². The molecule has 2 rings (SSSR count).